The Morgan fingerprint density at radius 3 is 2.25 bits per heavy atom. The summed E-state index contributed by atoms with van der Waals surface area (Å²) in [6.07, 6.45) is 0. The van der Waals surface area contributed by atoms with Gasteiger partial charge in [0.25, 0.3) is 0 Å². The third kappa shape index (κ3) is 1.45. The van der Waals surface area contributed by atoms with Crippen molar-refractivity contribution >= 4 is 24.2 Å². The minimum absolute atomic E-state index is 0.0497. The molecule has 0 radical (unpaired) electrons. The van der Waals surface area contributed by atoms with Crippen LogP contribution in [0.4, 0.5) is 0 Å². The second-order valence-corrected chi connectivity index (χ2v) is 4.85. The lowest BCUT2D eigenvalue weighted by Gasteiger charge is -2.20. The maximum atomic E-state index is 12.4. The van der Waals surface area contributed by atoms with Crippen LogP contribution in [0.15, 0.2) is 29.2 Å². The van der Waals surface area contributed by atoms with Gasteiger partial charge in [-0.3, -0.25) is 9.59 Å². The molecule has 0 unspecified atom stereocenters. The van der Waals surface area contributed by atoms with Gasteiger partial charge in [0, 0.05) is 22.1 Å². The van der Waals surface area contributed by atoms with Gasteiger partial charge in [0.15, 0.2) is 23.1 Å². The number of ketones is 2. The highest BCUT2D eigenvalue weighted by atomic mass is 32.1. The molecule has 20 heavy (non-hydrogen) atoms. The van der Waals surface area contributed by atoms with Crippen molar-refractivity contribution in [3.63, 3.8) is 0 Å². The molecule has 0 heterocycles. The normalized spacial score (nSPS) is 13.1. The van der Waals surface area contributed by atoms with E-state index in [0.29, 0.717) is 0 Å². The van der Waals surface area contributed by atoms with Crippen molar-refractivity contribution in [2.75, 3.05) is 0 Å². The number of carbonyl (C=O) groups excluding carboxylic acids is 2. The average Bonchev–Trinajstić information content (AvgIpc) is 2.40. The number of fused-ring (bicyclic) bond motifs is 2. The van der Waals surface area contributed by atoms with Gasteiger partial charge in [-0.25, -0.2) is 0 Å². The summed E-state index contributed by atoms with van der Waals surface area (Å²) in [7, 11) is 0. The molecular weight excluding hydrogens is 280 g/mol. The number of hydrogen-bond acceptors (Lipinski definition) is 6. The van der Waals surface area contributed by atoms with Gasteiger partial charge in [-0.15, -0.1) is 12.6 Å². The highest BCUT2D eigenvalue weighted by Crippen LogP contribution is 2.43. The summed E-state index contributed by atoms with van der Waals surface area (Å²) in [5.41, 5.74) is -0.553. The maximum absolute atomic E-state index is 12.4. The molecular formula is C14H8O5S. The van der Waals surface area contributed by atoms with E-state index in [0.717, 1.165) is 6.07 Å². The van der Waals surface area contributed by atoms with Crippen molar-refractivity contribution in [1.29, 1.82) is 0 Å². The van der Waals surface area contributed by atoms with E-state index in [-0.39, 0.29) is 21.6 Å². The molecule has 3 rings (SSSR count). The van der Waals surface area contributed by atoms with E-state index < -0.39 is 34.4 Å². The molecule has 5 nitrogen and oxygen atoms in total. The predicted octanol–water partition coefficient (Wildman–Crippen LogP) is 1.87. The molecule has 0 atom stereocenters. The Bertz CT molecular complexity index is 795. The largest absolute Gasteiger partial charge is 0.507 e. The standard InChI is InChI=1S/C14H8O5S/c15-6-4-7(16)13(18)11-10(6)12(17)5-2-1-3-8(20)9(5)14(11)19/h1-4,15-16,18,20H. The van der Waals surface area contributed by atoms with Crippen LogP contribution in [0.2, 0.25) is 0 Å². The molecule has 2 aromatic rings. The number of carbonyl (C=O) groups is 2. The van der Waals surface area contributed by atoms with E-state index in [2.05, 4.69) is 12.6 Å². The van der Waals surface area contributed by atoms with E-state index in [1.807, 2.05) is 0 Å². The zero-order valence-electron chi connectivity index (χ0n) is 9.91. The van der Waals surface area contributed by atoms with Crippen LogP contribution in [0.25, 0.3) is 0 Å². The van der Waals surface area contributed by atoms with Gasteiger partial charge < -0.3 is 15.3 Å². The third-order valence-corrected chi connectivity index (χ3v) is 3.60. The molecule has 100 valence electrons. The fraction of sp³-hybridized carbons (Fsp3) is 0. The van der Waals surface area contributed by atoms with E-state index in [1.54, 1.807) is 6.07 Å². The highest BCUT2D eigenvalue weighted by molar-refractivity contribution is 7.80. The molecule has 1 aliphatic carbocycles. The van der Waals surface area contributed by atoms with Crippen LogP contribution in [-0.2, 0) is 0 Å². The second kappa shape index (κ2) is 4.01. The summed E-state index contributed by atoms with van der Waals surface area (Å²) in [5.74, 6) is -3.20. The topological polar surface area (TPSA) is 94.8 Å². The fourth-order valence-corrected chi connectivity index (χ4v) is 2.63. The van der Waals surface area contributed by atoms with Gasteiger partial charge in [-0.1, -0.05) is 12.1 Å². The van der Waals surface area contributed by atoms with E-state index >= 15 is 0 Å². The first kappa shape index (κ1) is 12.6. The van der Waals surface area contributed by atoms with Crippen LogP contribution in [0.1, 0.15) is 31.8 Å². The van der Waals surface area contributed by atoms with E-state index in [1.165, 1.54) is 12.1 Å². The van der Waals surface area contributed by atoms with Gasteiger partial charge in [0.05, 0.1) is 11.1 Å². The Kier molecular flexibility index (Phi) is 2.52. The second-order valence-electron chi connectivity index (χ2n) is 4.37. The number of phenols is 3. The van der Waals surface area contributed by atoms with E-state index in [4.69, 9.17) is 0 Å². The van der Waals surface area contributed by atoms with Crippen molar-refractivity contribution in [1.82, 2.24) is 0 Å². The Labute approximate surface area is 118 Å². The molecule has 0 spiro atoms. The Morgan fingerprint density at radius 1 is 0.850 bits per heavy atom. The van der Waals surface area contributed by atoms with Crippen LogP contribution in [-0.4, -0.2) is 26.9 Å². The Hall–Kier alpha value is -2.47. The molecule has 6 heteroatoms. The predicted molar refractivity (Wildman–Crippen MR) is 72.0 cm³/mol. The van der Waals surface area contributed by atoms with Crippen molar-refractivity contribution in [3.05, 3.63) is 46.5 Å². The first-order chi connectivity index (χ1) is 9.43. The molecule has 0 fully saturated rings. The number of phenolic OH excluding ortho intramolecular Hbond substituents is 3. The summed E-state index contributed by atoms with van der Waals surface area (Å²) in [4.78, 5) is 25.1. The summed E-state index contributed by atoms with van der Waals surface area (Å²) in [6.45, 7) is 0. The van der Waals surface area contributed by atoms with Gasteiger partial charge >= 0.3 is 0 Å². The lowest BCUT2D eigenvalue weighted by molar-refractivity contribution is 0.0971. The maximum Gasteiger partial charge on any atom is 0.199 e. The lowest BCUT2D eigenvalue weighted by Crippen LogP contribution is -2.21. The summed E-state index contributed by atoms with van der Waals surface area (Å²) in [5, 5.41) is 29.1. The van der Waals surface area contributed by atoms with Crippen LogP contribution in [0, 0.1) is 0 Å². The first-order valence-electron chi connectivity index (χ1n) is 5.62. The minimum atomic E-state index is -0.724. The molecule has 2 aromatic carbocycles. The van der Waals surface area contributed by atoms with E-state index in [9.17, 15) is 24.9 Å². The summed E-state index contributed by atoms with van der Waals surface area (Å²) < 4.78 is 0. The van der Waals surface area contributed by atoms with Gasteiger partial charge in [-0.2, -0.15) is 0 Å². The molecule has 0 amide bonds. The summed E-state index contributed by atoms with van der Waals surface area (Å²) >= 11 is 4.13. The Balaban J connectivity index is 2.45. The SMILES string of the molecule is O=C1c2cccc(S)c2C(=O)c2c(O)c(O)cc(O)c21. The van der Waals surface area contributed by atoms with Crippen molar-refractivity contribution in [2.24, 2.45) is 0 Å². The summed E-state index contributed by atoms with van der Waals surface area (Å²) in [6, 6.07) is 5.38. The first-order valence-corrected chi connectivity index (χ1v) is 6.07. The molecule has 0 aromatic heterocycles. The van der Waals surface area contributed by atoms with Gasteiger partial charge in [-0.05, 0) is 6.07 Å². The Morgan fingerprint density at radius 2 is 1.55 bits per heavy atom. The smallest absolute Gasteiger partial charge is 0.199 e. The van der Waals surface area contributed by atoms with Gasteiger partial charge in [0.1, 0.15) is 5.75 Å². The van der Waals surface area contributed by atoms with Crippen LogP contribution in [0.5, 0.6) is 17.2 Å². The van der Waals surface area contributed by atoms with Crippen LogP contribution < -0.4 is 0 Å². The molecule has 1 aliphatic rings. The number of rotatable bonds is 0. The van der Waals surface area contributed by atoms with Gasteiger partial charge in [0.2, 0.25) is 0 Å². The lowest BCUT2D eigenvalue weighted by atomic mass is 9.83. The number of thiol groups is 1. The number of benzene rings is 2. The van der Waals surface area contributed by atoms with Crippen LogP contribution in [0.3, 0.4) is 0 Å². The van der Waals surface area contributed by atoms with Crippen LogP contribution >= 0.6 is 12.6 Å². The minimum Gasteiger partial charge on any atom is -0.507 e. The highest BCUT2D eigenvalue weighted by Gasteiger charge is 2.36. The third-order valence-electron chi connectivity index (χ3n) is 3.23. The quantitative estimate of drug-likeness (QED) is 0.288. The van der Waals surface area contributed by atoms with Crippen molar-refractivity contribution < 1.29 is 24.9 Å². The average molecular weight is 288 g/mol. The monoisotopic (exact) mass is 288 g/mol. The molecule has 3 N–H and O–H groups in total. The molecule has 0 aliphatic heterocycles. The molecule has 0 saturated carbocycles. The number of aromatic hydroxyl groups is 3. The van der Waals surface area contributed by atoms with Crippen molar-refractivity contribution in [3.8, 4) is 17.2 Å². The molecule has 0 bridgehead atoms. The number of hydrogen-bond donors (Lipinski definition) is 4. The zero-order chi connectivity index (χ0) is 14.6. The zero-order valence-corrected chi connectivity index (χ0v) is 10.8. The molecule has 0 saturated heterocycles. The fourth-order valence-electron chi connectivity index (χ4n) is 2.32. The van der Waals surface area contributed by atoms with Crippen molar-refractivity contribution in [2.45, 2.75) is 4.90 Å².